The van der Waals surface area contributed by atoms with Crippen molar-refractivity contribution in [2.24, 2.45) is 0 Å². The molecule has 1 saturated heterocycles. The summed E-state index contributed by atoms with van der Waals surface area (Å²) < 4.78 is 27.3. The van der Waals surface area contributed by atoms with E-state index in [0.29, 0.717) is 12.2 Å². The minimum Gasteiger partial charge on any atom is -0.398 e. The Morgan fingerprint density at radius 1 is 1.29 bits per heavy atom. The molecule has 0 aromatic heterocycles. The lowest BCUT2D eigenvalue weighted by Gasteiger charge is -2.26. The molecule has 1 fully saturated rings. The van der Waals surface area contributed by atoms with Crippen LogP contribution in [0, 0.1) is 13.8 Å². The third-order valence-electron chi connectivity index (χ3n) is 3.82. The van der Waals surface area contributed by atoms with Crippen LogP contribution in [-0.4, -0.2) is 51.0 Å². The van der Waals surface area contributed by atoms with E-state index in [0.717, 1.165) is 42.3 Å². The van der Waals surface area contributed by atoms with E-state index < -0.39 is 10.0 Å². The summed E-state index contributed by atoms with van der Waals surface area (Å²) in [5, 5.41) is 0. The molecule has 7 heteroatoms. The Labute approximate surface area is 131 Å². The number of aryl methyl sites for hydroxylation is 1. The van der Waals surface area contributed by atoms with Crippen LogP contribution < -0.4 is 10.5 Å². The molecule has 1 aromatic rings. The summed E-state index contributed by atoms with van der Waals surface area (Å²) in [6, 6.07) is 3.20. The fourth-order valence-electron chi connectivity index (χ4n) is 2.25. The lowest BCUT2D eigenvalue weighted by molar-refractivity contribution is 0.307. The summed E-state index contributed by atoms with van der Waals surface area (Å²) in [4.78, 5) is 2.53. The first-order valence-corrected chi connectivity index (χ1v) is 9.70. The van der Waals surface area contributed by atoms with Gasteiger partial charge in [0.1, 0.15) is 0 Å². The molecular weight excluding hydrogens is 306 g/mol. The van der Waals surface area contributed by atoms with Crippen molar-refractivity contribution >= 4 is 27.5 Å². The van der Waals surface area contributed by atoms with Gasteiger partial charge in [-0.15, -0.1) is 0 Å². The van der Waals surface area contributed by atoms with Crippen LogP contribution in [0.5, 0.6) is 0 Å². The molecule has 1 aliphatic rings. The molecule has 0 unspecified atom stereocenters. The molecular formula is C14H23N3O2S2. The zero-order valence-electron chi connectivity index (χ0n) is 12.6. The van der Waals surface area contributed by atoms with Gasteiger partial charge in [-0.05, 0) is 37.1 Å². The highest BCUT2D eigenvalue weighted by atomic mass is 32.2. The fraction of sp³-hybridized carbons (Fsp3) is 0.571. The number of sulfonamides is 1. The van der Waals surface area contributed by atoms with Gasteiger partial charge in [-0.1, -0.05) is 0 Å². The Balaban J connectivity index is 1.98. The van der Waals surface area contributed by atoms with Crippen LogP contribution in [0.2, 0.25) is 0 Å². The predicted molar refractivity (Wildman–Crippen MR) is 89.3 cm³/mol. The number of nitrogens with one attached hydrogen (secondary N) is 1. The van der Waals surface area contributed by atoms with Crippen molar-refractivity contribution in [2.45, 2.75) is 18.7 Å². The van der Waals surface area contributed by atoms with Crippen molar-refractivity contribution in [1.82, 2.24) is 9.62 Å². The minimum atomic E-state index is -3.48. The maximum atomic E-state index is 12.3. The Morgan fingerprint density at radius 2 is 1.95 bits per heavy atom. The molecule has 0 aliphatic carbocycles. The van der Waals surface area contributed by atoms with Crippen molar-refractivity contribution < 1.29 is 8.42 Å². The molecule has 21 heavy (non-hydrogen) atoms. The van der Waals surface area contributed by atoms with Crippen molar-refractivity contribution in [3.63, 3.8) is 0 Å². The van der Waals surface area contributed by atoms with Gasteiger partial charge in [0.25, 0.3) is 0 Å². The lowest BCUT2D eigenvalue weighted by atomic mass is 10.1. The molecule has 118 valence electrons. The summed E-state index contributed by atoms with van der Waals surface area (Å²) in [6.07, 6.45) is 0. The van der Waals surface area contributed by atoms with Gasteiger partial charge in [0.15, 0.2) is 0 Å². The predicted octanol–water partition coefficient (Wildman–Crippen LogP) is 1.21. The Bertz CT molecular complexity index is 573. The van der Waals surface area contributed by atoms with Crippen LogP contribution >= 0.6 is 11.8 Å². The topological polar surface area (TPSA) is 75.4 Å². The molecule has 0 spiro atoms. The van der Waals surface area contributed by atoms with E-state index in [9.17, 15) is 8.42 Å². The average molecular weight is 329 g/mol. The van der Waals surface area contributed by atoms with Gasteiger partial charge >= 0.3 is 0 Å². The fourth-order valence-corrected chi connectivity index (χ4v) is 4.37. The molecule has 1 aromatic carbocycles. The second-order valence-corrected chi connectivity index (χ2v) is 8.30. The molecule has 0 radical (unpaired) electrons. The Hall–Kier alpha value is -0.760. The van der Waals surface area contributed by atoms with E-state index in [1.807, 2.05) is 25.6 Å². The lowest BCUT2D eigenvalue weighted by Crippen LogP contribution is -2.39. The SMILES string of the molecule is Cc1cc(S(=O)(=O)NCCN2CCSCC2)cc(N)c1C. The number of rotatable bonds is 5. The smallest absolute Gasteiger partial charge is 0.240 e. The molecule has 1 aliphatic heterocycles. The third kappa shape index (κ3) is 4.35. The summed E-state index contributed by atoms with van der Waals surface area (Å²) in [5.41, 5.74) is 8.20. The van der Waals surface area contributed by atoms with Gasteiger partial charge in [0.05, 0.1) is 4.90 Å². The molecule has 2 rings (SSSR count). The standard InChI is InChI=1S/C14H23N3O2S2/c1-11-9-13(10-14(15)12(11)2)21(18,19)16-3-4-17-5-7-20-8-6-17/h9-10,16H,3-8,15H2,1-2H3. The monoisotopic (exact) mass is 329 g/mol. The quantitative estimate of drug-likeness (QED) is 0.794. The maximum absolute atomic E-state index is 12.3. The molecule has 0 atom stereocenters. The number of anilines is 1. The number of nitrogens with two attached hydrogens (primary N) is 1. The molecule has 0 amide bonds. The van der Waals surface area contributed by atoms with Gasteiger partial charge in [-0.2, -0.15) is 11.8 Å². The van der Waals surface area contributed by atoms with Gasteiger partial charge < -0.3 is 10.6 Å². The average Bonchev–Trinajstić information content (AvgIpc) is 2.45. The van der Waals surface area contributed by atoms with Gasteiger partial charge in [-0.3, -0.25) is 0 Å². The zero-order chi connectivity index (χ0) is 15.5. The second-order valence-electron chi connectivity index (χ2n) is 5.31. The highest BCUT2D eigenvalue weighted by Gasteiger charge is 2.17. The molecule has 0 bridgehead atoms. The third-order valence-corrected chi connectivity index (χ3v) is 6.20. The molecule has 0 saturated carbocycles. The van der Waals surface area contributed by atoms with E-state index in [4.69, 9.17) is 5.73 Å². The summed E-state index contributed by atoms with van der Waals surface area (Å²) in [6.45, 7) is 7.00. The molecule has 5 nitrogen and oxygen atoms in total. The van der Waals surface area contributed by atoms with Gasteiger partial charge in [0.2, 0.25) is 10.0 Å². The zero-order valence-corrected chi connectivity index (χ0v) is 14.2. The second kappa shape index (κ2) is 7.00. The van der Waals surface area contributed by atoms with Crippen LogP contribution in [0.1, 0.15) is 11.1 Å². The normalized spacial score (nSPS) is 17.0. The minimum absolute atomic E-state index is 0.247. The van der Waals surface area contributed by atoms with Gasteiger partial charge in [-0.25, -0.2) is 13.1 Å². The molecule has 1 heterocycles. The maximum Gasteiger partial charge on any atom is 0.240 e. The van der Waals surface area contributed by atoms with E-state index >= 15 is 0 Å². The van der Waals surface area contributed by atoms with Gasteiger partial charge in [0, 0.05) is 43.4 Å². The van der Waals surface area contributed by atoms with Crippen LogP contribution in [0.25, 0.3) is 0 Å². The first kappa shape index (κ1) is 16.6. The summed E-state index contributed by atoms with van der Waals surface area (Å²) in [5.74, 6) is 2.25. The van der Waals surface area contributed by atoms with E-state index in [-0.39, 0.29) is 4.90 Å². The first-order valence-electron chi connectivity index (χ1n) is 7.06. The first-order chi connectivity index (χ1) is 9.90. The Morgan fingerprint density at radius 3 is 2.57 bits per heavy atom. The number of nitrogens with zero attached hydrogens (tertiary/aromatic N) is 1. The number of hydrogen-bond donors (Lipinski definition) is 2. The summed E-state index contributed by atoms with van der Waals surface area (Å²) in [7, 11) is -3.48. The number of hydrogen-bond acceptors (Lipinski definition) is 5. The largest absolute Gasteiger partial charge is 0.398 e. The number of thioether (sulfide) groups is 1. The van der Waals surface area contributed by atoms with Crippen molar-refractivity contribution in [3.8, 4) is 0 Å². The van der Waals surface area contributed by atoms with Crippen molar-refractivity contribution in [3.05, 3.63) is 23.3 Å². The number of nitrogen functional groups attached to an aromatic ring is 1. The highest BCUT2D eigenvalue weighted by molar-refractivity contribution is 7.99. The number of benzene rings is 1. The van der Waals surface area contributed by atoms with Crippen molar-refractivity contribution in [2.75, 3.05) is 43.4 Å². The van der Waals surface area contributed by atoms with E-state index in [2.05, 4.69) is 9.62 Å². The summed E-state index contributed by atoms with van der Waals surface area (Å²) >= 11 is 1.94. The van der Waals surface area contributed by atoms with Crippen LogP contribution in [0.3, 0.4) is 0 Å². The van der Waals surface area contributed by atoms with Crippen molar-refractivity contribution in [1.29, 1.82) is 0 Å². The van der Waals surface area contributed by atoms with E-state index in [1.165, 1.54) is 6.07 Å². The van der Waals surface area contributed by atoms with Crippen LogP contribution in [0.15, 0.2) is 17.0 Å². The highest BCUT2D eigenvalue weighted by Crippen LogP contribution is 2.21. The van der Waals surface area contributed by atoms with Crippen LogP contribution in [-0.2, 0) is 10.0 Å². The Kier molecular flexibility index (Phi) is 5.54. The molecule has 3 N–H and O–H groups in total. The van der Waals surface area contributed by atoms with Crippen LogP contribution in [0.4, 0.5) is 5.69 Å². The van der Waals surface area contributed by atoms with E-state index in [1.54, 1.807) is 6.07 Å².